The summed E-state index contributed by atoms with van der Waals surface area (Å²) in [6.45, 7) is 2.35. The molecule has 0 heterocycles. The zero-order valence-electron chi connectivity index (χ0n) is 9.21. The Balaban J connectivity index is 2.75. The SMILES string of the molecule is C=CC1C(F)C(F)C(F)C(OCC=C(F)F)C1F. The lowest BCUT2D eigenvalue weighted by Crippen LogP contribution is -2.55. The van der Waals surface area contributed by atoms with Gasteiger partial charge in [-0.15, -0.1) is 6.58 Å². The fraction of sp³-hybridized carbons (Fsp3) is 0.636. The molecule has 0 aromatic carbocycles. The smallest absolute Gasteiger partial charge is 0.268 e. The molecule has 0 N–H and O–H groups in total. The van der Waals surface area contributed by atoms with Crippen LogP contribution < -0.4 is 0 Å². The number of hydrogen-bond donors (Lipinski definition) is 0. The van der Waals surface area contributed by atoms with Gasteiger partial charge in [0.2, 0.25) is 0 Å². The van der Waals surface area contributed by atoms with Crippen molar-refractivity contribution < 1.29 is 31.1 Å². The molecule has 1 rings (SSSR count). The summed E-state index contributed by atoms with van der Waals surface area (Å²) in [5.41, 5.74) is 0. The lowest BCUT2D eigenvalue weighted by Gasteiger charge is -2.38. The quantitative estimate of drug-likeness (QED) is 0.564. The minimum Gasteiger partial charge on any atom is -0.368 e. The van der Waals surface area contributed by atoms with E-state index in [1.54, 1.807) is 0 Å². The van der Waals surface area contributed by atoms with Crippen molar-refractivity contribution >= 4 is 0 Å². The van der Waals surface area contributed by atoms with Gasteiger partial charge >= 0.3 is 0 Å². The van der Waals surface area contributed by atoms with Crippen molar-refractivity contribution in [2.45, 2.75) is 30.8 Å². The number of hydrogen-bond acceptors (Lipinski definition) is 1. The molecule has 1 aliphatic rings. The Kier molecular flexibility index (Phi) is 5.25. The van der Waals surface area contributed by atoms with Gasteiger partial charge in [0.25, 0.3) is 6.08 Å². The van der Waals surface area contributed by atoms with Crippen LogP contribution in [0, 0.1) is 5.92 Å². The van der Waals surface area contributed by atoms with Gasteiger partial charge in [0.05, 0.1) is 6.61 Å². The average molecular weight is 274 g/mol. The number of rotatable bonds is 4. The van der Waals surface area contributed by atoms with Crippen molar-refractivity contribution in [2.75, 3.05) is 6.61 Å². The van der Waals surface area contributed by atoms with Gasteiger partial charge < -0.3 is 4.74 Å². The van der Waals surface area contributed by atoms with Crippen molar-refractivity contribution in [3.05, 3.63) is 24.8 Å². The van der Waals surface area contributed by atoms with Crippen LogP contribution in [-0.4, -0.2) is 37.4 Å². The number of ether oxygens (including phenoxy) is 1. The Bertz CT molecular complexity index is 317. The summed E-state index contributed by atoms with van der Waals surface area (Å²) >= 11 is 0. The van der Waals surface area contributed by atoms with Crippen LogP contribution in [0.3, 0.4) is 0 Å². The predicted octanol–water partition coefficient (Wildman–Crippen LogP) is 3.32. The third kappa shape index (κ3) is 3.07. The van der Waals surface area contributed by atoms with E-state index < -0.39 is 49.4 Å². The highest BCUT2D eigenvalue weighted by molar-refractivity contribution is 5.05. The molecule has 1 saturated carbocycles. The van der Waals surface area contributed by atoms with Gasteiger partial charge in [0, 0.05) is 12.0 Å². The van der Waals surface area contributed by atoms with Crippen molar-refractivity contribution in [1.82, 2.24) is 0 Å². The minimum absolute atomic E-state index is 0.289. The van der Waals surface area contributed by atoms with Gasteiger partial charge in [-0.05, 0) is 0 Å². The van der Waals surface area contributed by atoms with Crippen LogP contribution in [0.25, 0.3) is 0 Å². The van der Waals surface area contributed by atoms with Crippen LogP contribution in [-0.2, 0) is 4.74 Å². The molecule has 0 saturated heterocycles. The molecule has 7 heteroatoms. The first-order chi connectivity index (χ1) is 8.40. The summed E-state index contributed by atoms with van der Waals surface area (Å²) in [4.78, 5) is 0. The van der Waals surface area contributed by atoms with E-state index in [4.69, 9.17) is 0 Å². The van der Waals surface area contributed by atoms with Gasteiger partial charge in [0.1, 0.15) is 18.4 Å². The first kappa shape index (κ1) is 15.1. The van der Waals surface area contributed by atoms with Gasteiger partial charge in [-0.3, -0.25) is 0 Å². The van der Waals surface area contributed by atoms with E-state index in [2.05, 4.69) is 11.3 Å². The summed E-state index contributed by atoms with van der Waals surface area (Å²) < 4.78 is 81.4. The molecule has 0 radical (unpaired) electrons. The predicted molar refractivity (Wildman–Crippen MR) is 53.3 cm³/mol. The molecule has 0 bridgehead atoms. The molecule has 6 unspecified atom stereocenters. The second-order valence-corrected chi connectivity index (χ2v) is 3.88. The molecule has 6 atom stereocenters. The standard InChI is InChI=1S/C11H12F6O/c1-2-5-7(14)9(16)10(17)11(8(5)15)18-4-3-6(12)13/h2-3,5,7-11H,1,4H2. The molecule has 0 aliphatic heterocycles. The highest BCUT2D eigenvalue weighted by Gasteiger charge is 2.52. The zero-order chi connectivity index (χ0) is 13.9. The minimum atomic E-state index is -2.57. The van der Waals surface area contributed by atoms with E-state index >= 15 is 0 Å². The summed E-state index contributed by atoms with van der Waals surface area (Å²) in [6, 6.07) is 0. The highest BCUT2D eigenvalue weighted by atomic mass is 19.3. The Morgan fingerprint density at radius 1 is 1.00 bits per heavy atom. The van der Waals surface area contributed by atoms with Crippen molar-refractivity contribution in [2.24, 2.45) is 5.92 Å². The lowest BCUT2D eigenvalue weighted by atomic mass is 9.81. The fourth-order valence-electron chi connectivity index (χ4n) is 1.81. The van der Waals surface area contributed by atoms with Gasteiger partial charge in [0.15, 0.2) is 12.3 Å². The maximum Gasteiger partial charge on any atom is 0.268 e. The summed E-state index contributed by atoms with van der Waals surface area (Å²) in [5, 5.41) is 0. The molecule has 18 heavy (non-hydrogen) atoms. The van der Waals surface area contributed by atoms with Crippen LogP contribution in [0.4, 0.5) is 26.3 Å². The maximum absolute atomic E-state index is 13.7. The third-order valence-corrected chi connectivity index (χ3v) is 2.77. The van der Waals surface area contributed by atoms with E-state index in [0.717, 1.165) is 6.08 Å². The van der Waals surface area contributed by atoms with Crippen LogP contribution in [0.2, 0.25) is 0 Å². The van der Waals surface area contributed by atoms with Crippen molar-refractivity contribution in [3.63, 3.8) is 0 Å². The Morgan fingerprint density at radius 2 is 1.61 bits per heavy atom. The van der Waals surface area contributed by atoms with E-state index in [-0.39, 0.29) is 6.08 Å². The Labute approximate surface area is 100 Å². The molecule has 0 amide bonds. The van der Waals surface area contributed by atoms with E-state index in [9.17, 15) is 26.3 Å². The average Bonchev–Trinajstić information content (AvgIpc) is 2.31. The van der Waals surface area contributed by atoms with Gasteiger partial charge in [-0.1, -0.05) is 6.08 Å². The monoisotopic (exact) mass is 274 g/mol. The van der Waals surface area contributed by atoms with Gasteiger partial charge in [-0.25, -0.2) is 17.6 Å². The molecule has 1 fully saturated rings. The first-order valence-electron chi connectivity index (χ1n) is 5.21. The van der Waals surface area contributed by atoms with Gasteiger partial charge in [-0.2, -0.15) is 8.78 Å². The topological polar surface area (TPSA) is 9.23 Å². The van der Waals surface area contributed by atoms with E-state index in [0.29, 0.717) is 0 Å². The third-order valence-electron chi connectivity index (χ3n) is 2.77. The molecular formula is C11H12F6O. The molecule has 1 aliphatic carbocycles. The van der Waals surface area contributed by atoms with E-state index in [1.807, 2.05) is 0 Å². The van der Waals surface area contributed by atoms with Crippen LogP contribution in [0.15, 0.2) is 24.8 Å². The van der Waals surface area contributed by atoms with Crippen molar-refractivity contribution in [3.8, 4) is 0 Å². The van der Waals surface area contributed by atoms with Crippen LogP contribution >= 0.6 is 0 Å². The molecule has 0 aromatic heterocycles. The second-order valence-electron chi connectivity index (χ2n) is 3.88. The van der Waals surface area contributed by atoms with E-state index in [1.165, 1.54) is 0 Å². The number of allylic oxidation sites excluding steroid dienone is 1. The number of alkyl halides is 4. The summed E-state index contributed by atoms with van der Waals surface area (Å²) in [6.07, 6.45) is -12.5. The largest absolute Gasteiger partial charge is 0.368 e. The summed E-state index contributed by atoms with van der Waals surface area (Å²) in [7, 11) is 0. The molecule has 0 aromatic rings. The maximum atomic E-state index is 13.7. The Morgan fingerprint density at radius 3 is 2.11 bits per heavy atom. The number of halogens is 6. The second kappa shape index (κ2) is 6.26. The van der Waals surface area contributed by atoms with Crippen LogP contribution in [0.5, 0.6) is 0 Å². The van der Waals surface area contributed by atoms with Crippen molar-refractivity contribution in [1.29, 1.82) is 0 Å². The fourth-order valence-corrected chi connectivity index (χ4v) is 1.81. The molecule has 104 valence electrons. The summed E-state index contributed by atoms with van der Waals surface area (Å²) in [5.74, 6) is -1.56. The zero-order valence-corrected chi connectivity index (χ0v) is 9.21. The molecular weight excluding hydrogens is 262 g/mol. The van der Waals surface area contributed by atoms with Crippen LogP contribution in [0.1, 0.15) is 0 Å². The first-order valence-corrected chi connectivity index (χ1v) is 5.21. The molecule has 0 spiro atoms. The lowest BCUT2D eigenvalue weighted by molar-refractivity contribution is -0.129. The normalized spacial score (nSPS) is 40.3. The molecule has 1 nitrogen and oxygen atoms in total. The highest BCUT2D eigenvalue weighted by Crippen LogP contribution is 2.36. The Hall–Kier alpha value is -0.980.